The zero-order valence-electron chi connectivity index (χ0n) is 11.9. The van der Waals surface area contributed by atoms with E-state index in [4.69, 9.17) is 9.47 Å². The lowest BCUT2D eigenvalue weighted by molar-refractivity contribution is -0.153. The van der Waals surface area contributed by atoms with Crippen LogP contribution < -0.4 is 0 Å². The number of fused-ring (bicyclic) bond motifs is 1. The van der Waals surface area contributed by atoms with Gasteiger partial charge in [0.2, 0.25) is 0 Å². The van der Waals surface area contributed by atoms with Gasteiger partial charge in [0.05, 0.1) is 26.7 Å². The highest BCUT2D eigenvalue weighted by Gasteiger charge is 2.59. The summed E-state index contributed by atoms with van der Waals surface area (Å²) in [5, 5.41) is -0.00842. The first-order valence-corrected chi connectivity index (χ1v) is 7.98. The first kappa shape index (κ1) is 14.5. The number of imidazole rings is 1. The number of hydrogen-bond acceptors (Lipinski definition) is 6. The summed E-state index contributed by atoms with van der Waals surface area (Å²) < 4.78 is 38.3. The van der Waals surface area contributed by atoms with Gasteiger partial charge in [-0.25, -0.2) is 13.4 Å². The van der Waals surface area contributed by atoms with Gasteiger partial charge in [-0.15, -0.1) is 0 Å². The molecule has 8 nitrogen and oxygen atoms in total. The second kappa shape index (κ2) is 4.79. The molecule has 0 aromatic carbocycles. The van der Waals surface area contributed by atoms with Crippen LogP contribution in [0.4, 0.5) is 0 Å². The fraction of sp³-hybridized carbons (Fsp3) is 0.667. The molecule has 2 aliphatic rings. The predicted octanol–water partition coefficient (Wildman–Crippen LogP) is -0.770. The molecule has 0 amide bonds. The molecule has 9 heteroatoms. The van der Waals surface area contributed by atoms with E-state index in [-0.39, 0.29) is 30.6 Å². The Morgan fingerprint density at radius 2 is 2.33 bits per heavy atom. The van der Waals surface area contributed by atoms with E-state index in [1.807, 2.05) is 0 Å². The SMILES string of the molecule is COC(=O)[C@@]12COC[C@@H]1CN(S(=O)(=O)c1cn(C)cn1)C2. The number of aryl methyl sites for hydroxylation is 1. The fourth-order valence-corrected chi connectivity index (χ4v) is 4.54. The summed E-state index contributed by atoms with van der Waals surface area (Å²) in [6.07, 6.45) is 2.88. The lowest BCUT2D eigenvalue weighted by Crippen LogP contribution is -2.41. The molecular weight excluding hydrogens is 298 g/mol. The van der Waals surface area contributed by atoms with Crippen LogP contribution in [0.2, 0.25) is 0 Å². The lowest BCUT2D eigenvalue weighted by Gasteiger charge is -2.23. The zero-order chi connectivity index (χ0) is 15.3. The second-order valence-electron chi connectivity index (χ2n) is 5.53. The number of aromatic nitrogens is 2. The molecule has 0 bridgehead atoms. The Kier molecular flexibility index (Phi) is 3.30. The van der Waals surface area contributed by atoms with Crippen LogP contribution in [-0.4, -0.2) is 61.7 Å². The highest BCUT2D eigenvalue weighted by atomic mass is 32.2. The predicted molar refractivity (Wildman–Crippen MR) is 70.7 cm³/mol. The maximum atomic E-state index is 12.6. The molecule has 2 fully saturated rings. The molecule has 116 valence electrons. The average Bonchev–Trinajstić information content (AvgIpc) is 3.10. The molecule has 0 saturated carbocycles. The summed E-state index contributed by atoms with van der Waals surface area (Å²) >= 11 is 0. The van der Waals surface area contributed by atoms with Crippen molar-refractivity contribution in [2.45, 2.75) is 5.03 Å². The highest BCUT2D eigenvalue weighted by Crippen LogP contribution is 2.43. The van der Waals surface area contributed by atoms with Crippen LogP contribution in [0.25, 0.3) is 0 Å². The third-order valence-electron chi connectivity index (χ3n) is 4.22. The first-order valence-electron chi connectivity index (χ1n) is 6.54. The molecule has 0 unspecified atom stereocenters. The van der Waals surface area contributed by atoms with Crippen LogP contribution in [-0.2, 0) is 31.3 Å². The second-order valence-corrected chi connectivity index (χ2v) is 7.42. The number of ether oxygens (including phenoxy) is 2. The summed E-state index contributed by atoms with van der Waals surface area (Å²) in [6.45, 7) is 0.874. The van der Waals surface area contributed by atoms with E-state index >= 15 is 0 Å². The van der Waals surface area contributed by atoms with Crippen LogP contribution >= 0.6 is 0 Å². The summed E-state index contributed by atoms with van der Waals surface area (Å²) in [4.78, 5) is 16.0. The third kappa shape index (κ3) is 2.07. The van der Waals surface area contributed by atoms with Crippen molar-refractivity contribution in [3.8, 4) is 0 Å². The van der Waals surface area contributed by atoms with E-state index < -0.39 is 21.4 Å². The molecule has 3 rings (SSSR count). The minimum atomic E-state index is -3.70. The van der Waals surface area contributed by atoms with Gasteiger partial charge in [-0.05, 0) is 0 Å². The van der Waals surface area contributed by atoms with E-state index in [9.17, 15) is 13.2 Å². The van der Waals surface area contributed by atoms with Gasteiger partial charge in [-0.3, -0.25) is 4.79 Å². The van der Waals surface area contributed by atoms with Crippen molar-refractivity contribution in [3.05, 3.63) is 12.5 Å². The van der Waals surface area contributed by atoms with Gasteiger partial charge in [0, 0.05) is 32.3 Å². The highest BCUT2D eigenvalue weighted by molar-refractivity contribution is 7.89. The van der Waals surface area contributed by atoms with E-state index in [2.05, 4.69) is 4.98 Å². The smallest absolute Gasteiger partial charge is 0.315 e. The number of sulfonamides is 1. The number of esters is 1. The molecule has 2 aliphatic heterocycles. The maximum Gasteiger partial charge on any atom is 0.315 e. The van der Waals surface area contributed by atoms with Gasteiger partial charge in [-0.1, -0.05) is 0 Å². The molecule has 1 aromatic heterocycles. The van der Waals surface area contributed by atoms with Gasteiger partial charge in [-0.2, -0.15) is 4.31 Å². The van der Waals surface area contributed by atoms with Crippen molar-refractivity contribution in [1.29, 1.82) is 0 Å². The van der Waals surface area contributed by atoms with E-state index in [1.165, 1.54) is 23.9 Å². The molecule has 2 atom stereocenters. The average molecular weight is 315 g/mol. The van der Waals surface area contributed by atoms with E-state index in [0.717, 1.165) is 0 Å². The Bertz CT molecular complexity index is 670. The fourth-order valence-electron chi connectivity index (χ4n) is 3.02. The van der Waals surface area contributed by atoms with Gasteiger partial charge < -0.3 is 14.0 Å². The van der Waals surface area contributed by atoms with Crippen LogP contribution in [0.1, 0.15) is 0 Å². The molecular formula is C12H17N3O5S. The molecule has 0 spiro atoms. The Morgan fingerprint density at radius 3 is 2.95 bits per heavy atom. The number of carbonyl (C=O) groups excluding carboxylic acids is 1. The number of hydrogen-bond donors (Lipinski definition) is 0. The largest absolute Gasteiger partial charge is 0.468 e. The third-order valence-corrected chi connectivity index (χ3v) is 5.92. The first-order chi connectivity index (χ1) is 9.90. The summed E-state index contributed by atoms with van der Waals surface area (Å²) in [7, 11) is -0.691. The van der Waals surface area contributed by atoms with Gasteiger partial charge in [0.15, 0.2) is 5.03 Å². The number of rotatable bonds is 3. The quantitative estimate of drug-likeness (QED) is 0.680. The maximum absolute atomic E-state index is 12.6. The van der Waals surface area contributed by atoms with Crippen molar-refractivity contribution in [2.75, 3.05) is 33.4 Å². The lowest BCUT2D eigenvalue weighted by atomic mass is 9.81. The van der Waals surface area contributed by atoms with Gasteiger partial charge in [0.1, 0.15) is 5.41 Å². The summed E-state index contributed by atoms with van der Waals surface area (Å²) in [5.41, 5.74) is -0.892. The topological polar surface area (TPSA) is 90.7 Å². The minimum Gasteiger partial charge on any atom is -0.468 e. The molecule has 0 radical (unpaired) electrons. The molecule has 2 saturated heterocycles. The van der Waals surface area contributed by atoms with Crippen molar-refractivity contribution in [3.63, 3.8) is 0 Å². The number of carbonyl (C=O) groups is 1. The summed E-state index contributed by atoms with van der Waals surface area (Å²) in [6, 6.07) is 0. The van der Waals surface area contributed by atoms with Crippen molar-refractivity contribution < 1.29 is 22.7 Å². The standard InChI is InChI=1S/C12H17N3O5S/c1-14-4-10(13-8-14)21(17,18)15-3-9-5-20-7-12(9,6-15)11(16)19-2/h4,8-9H,3,5-7H2,1-2H3/t9-,12-/m0/s1. The van der Waals surface area contributed by atoms with Crippen LogP contribution in [0.3, 0.4) is 0 Å². The normalized spacial score (nSPS) is 29.5. The van der Waals surface area contributed by atoms with Crippen LogP contribution in [0, 0.1) is 11.3 Å². The van der Waals surface area contributed by atoms with Crippen LogP contribution in [0.5, 0.6) is 0 Å². The van der Waals surface area contributed by atoms with Gasteiger partial charge in [0.25, 0.3) is 10.0 Å². The molecule has 1 aromatic rings. The van der Waals surface area contributed by atoms with Crippen molar-refractivity contribution in [1.82, 2.24) is 13.9 Å². The van der Waals surface area contributed by atoms with E-state index in [1.54, 1.807) is 11.6 Å². The molecule has 0 aliphatic carbocycles. The number of methoxy groups -OCH3 is 1. The monoisotopic (exact) mass is 315 g/mol. The summed E-state index contributed by atoms with van der Waals surface area (Å²) in [5.74, 6) is -0.591. The minimum absolute atomic E-state index is 0.00842. The molecule has 21 heavy (non-hydrogen) atoms. The van der Waals surface area contributed by atoms with Crippen molar-refractivity contribution >= 4 is 16.0 Å². The van der Waals surface area contributed by atoms with Crippen LogP contribution in [0.15, 0.2) is 17.6 Å². The Balaban J connectivity index is 1.91. The van der Waals surface area contributed by atoms with Crippen molar-refractivity contribution in [2.24, 2.45) is 18.4 Å². The molecule has 0 N–H and O–H groups in total. The van der Waals surface area contributed by atoms with E-state index in [0.29, 0.717) is 6.61 Å². The number of nitrogens with zero attached hydrogens (tertiary/aromatic N) is 3. The Hall–Kier alpha value is -1.45. The molecule has 3 heterocycles. The zero-order valence-corrected chi connectivity index (χ0v) is 12.7. The van der Waals surface area contributed by atoms with Gasteiger partial charge >= 0.3 is 5.97 Å². The Labute approximate surface area is 122 Å². The Morgan fingerprint density at radius 1 is 1.57 bits per heavy atom.